The van der Waals surface area contributed by atoms with Gasteiger partial charge in [0.1, 0.15) is 0 Å². The van der Waals surface area contributed by atoms with Crippen LogP contribution in [0.25, 0.3) is 0 Å². The Hall–Kier alpha value is -2.29. The van der Waals surface area contributed by atoms with Crippen LogP contribution >= 0.6 is 0 Å². The van der Waals surface area contributed by atoms with E-state index in [1.54, 1.807) is 6.92 Å². The second-order valence-electron chi connectivity index (χ2n) is 7.19. The van der Waals surface area contributed by atoms with Crippen molar-refractivity contribution in [1.82, 2.24) is 9.62 Å². The molecule has 1 N–H and O–H groups in total. The lowest BCUT2D eigenvalue weighted by Gasteiger charge is -2.26. The van der Waals surface area contributed by atoms with Gasteiger partial charge in [0.25, 0.3) is 5.69 Å². The van der Waals surface area contributed by atoms with Crippen LogP contribution in [0.2, 0.25) is 0 Å². The van der Waals surface area contributed by atoms with Gasteiger partial charge >= 0.3 is 0 Å². The monoisotopic (exact) mass is 403 g/mol. The van der Waals surface area contributed by atoms with E-state index in [0.717, 1.165) is 36.8 Å². The number of nitrogens with one attached hydrogen (secondary N) is 1. The molecule has 3 rings (SSSR count). The lowest BCUT2D eigenvalue weighted by Crippen LogP contribution is -2.29. The fourth-order valence-electron chi connectivity index (χ4n) is 3.46. The predicted molar refractivity (Wildman–Crippen MR) is 107 cm³/mol. The molecule has 0 radical (unpaired) electrons. The Morgan fingerprint density at radius 1 is 1.07 bits per heavy atom. The zero-order chi connectivity index (χ0) is 20.1. The van der Waals surface area contributed by atoms with Gasteiger partial charge < -0.3 is 0 Å². The molecule has 150 valence electrons. The number of likely N-dealkylation sites (tertiary alicyclic amines) is 1. The van der Waals surface area contributed by atoms with E-state index in [1.807, 2.05) is 18.2 Å². The first kappa shape index (κ1) is 20.4. The third-order valence-electron chi connectivity index (χ3n) is 4.98. The van der Waals surface area contributed by atoms with E-state index in [9.17, 15) is 18.5 Å². The van der Waals surface area contributed by atoms with Crippen LogP contribution in [0.15, 0.2) is 47.4 Å². The first-order valence-electron chi connectivity index (χ1n) is 9.40. The van der Waals surface area contributed by atoms with E-state index >= 15 is 0 Å². The Morgan fingerprint density at radius 2 is 1.79 bits per heavy atom. The number of nitro groups is 1. The molecule has 7 nitrogen and oxygen atoms in total. The molecule has 1 heterocycles. The van der Waals surface area contributed by atoms with Crippen molar-refractivity contribution in [1.29, 1.82) is 0 Å². The highest BCUT2D eigenvalue weighted by atomic mass is 32.2. The summed E-state index contributed by atoms with van der Waals surface area (Å²) in [6.45, 7) is 4.83. The SMILES string of the molecule is Cc1ccc([N+](=O)[O-])cc1S(=O)(=O)NCc1cccc(CN2CCCCC2)c1. The second kappa shape index (κ2) is 8.81. The molecule has 1 aliphatic heterocycles. The van der Waals surface area contributed by atoms with E-state index < -0.39 is 14.9 Å². The predicted octanol–water partition coefficient (Wildman–Crippen LogP) is 3.37. The van der Waals surface area contributed by atoms with Crippen molar-refractivity contribution < 1.29 is 13.3 Å². The molecule has 0 bridgehead atoms. The van der Waals surface area contributed by atoms with Gasteiger partial charge in [0.05, 0.1) is 9.82 Å². The van der Waals surface area contributed by atoms with Crippen LogP contribution in [0, 0.1) is 17.0 Å². The maximum absolute atomic E-state index is 12.7. The summed E-state index contributed by atoms with van der Waals surface area (Å²) in [5, 5.41) is 11.0. The molecule has 0 atom stereocenters. The molecule has 8 heteroatoms. The number of sulfonamides is 1. The van der Waals surface area contributed by atoms with Gasteiger partial charge in [-0.2, -0.15) is 0 Å². The number of benzene rings is 2. The number of non-ortho nitro benzene ring substituents is 1. The van der Waals surface area contributed by atoms with Crippen LogP contribution in [0.1, 0.15) is 36.0 Å². The van der Waals surface area contributed by atoms with Crippen LogP contribution in [0.4, 0.5) is 5.69 Å². The van der Waals surface area contributed by atoms with E-state index in [0.29, 0.717) is 5.56 Å². The fraction of sp³-hybridized carbons (Fsp3) is 0.400. The Balaban J connectivity index is 1.70. The number of nitrogens with zero attached hydrogens (tertiary/aromatic N) is 2. The van der Waals surface area contributed by atoms with Gasteiger partial charge in [-0.25, -0.2) is 13.1 Å². The Bertz CT molecular complexity index is 954. The Kier molecular flexibility index (Phi) is 6.43. The minimum Gasteiger partial charge on any atom is -0.299 e. The minimum atomic E-state index is -3.85. The fourth-order valence-corrected chi connectivity index (χ4v) is 4.74. The third-order valence-corrected chi connectivity index (χ3v) is 6.53. The van der Waals surface area contributed by atoms with Crippen LogP contribution in [-0.2, 0) is 23.1 Å². The smallest absolute Gasteiger partial charge is 0.270 e. The van der Waals surface area contributed by atoms with Gasteiger partial charge in [0.15, 0.2) is 0 Å². The highest BCUT2D eigenvalue weighted by molar-refractivity contribution is 7.89. The van der Waals surface area contributed by atoms with Gasteiger partial charge in [-0.15, -0.1) is 0 Å². The summed E-state index contributed by atoms with van der Waals surface area (Å²) in [6.07, 6.45) is 3.74. The summed E-state index contributed by atoms with van der Waals surface area (Å²) >= 11 is 0. The average molecular weight is 404 g/mol. The van der Waals surface area contributed by atoms with Gasteiger partial charge in [0.2, 0.25) is 10.0 Å². The van der Waals surface area contributed by atoms with Crippen molar-refractivity contribution in [2.45, 2.75) is 44.2 Å². The normalized spacial score (nSPS) is 15.5. The third kappa shape index (κ3) is 5.15. The maximum Gasteiger partial charge on any atom is 0.270 e. The maximum atomic E-state index is 12.7. The topological polar surface area (TPSA) is 92.5 Å². The summed E-state index contributed by atoms with van der Waals surface area (Å²) in [5.74, 6) is 0. The Labute approximate surface area is 165 Å². The van der Waals surface area contributed by atoms with E-state index in [2.05, 4.69) is 15.7 Å². The highest BCUT2D eigenvalue weighted by Crippen LogP contribution is 2.22. The van der Waals surface area contributed by atoms with Gasteiger partial charge in [-0.05, 0) is 49.5 Å². The van der Waals surface area contributed by atoms with Crippen LogP contribution in [0.3, 0.4) is 0 Å². The first-order chi connectivity index (χ1) is 13.3. The van der Waals surface area contributed by atoms with Crippen molar-refractivity contribution in [3.8, 4) is 0 Å². The molecule has 2 aromatic carbocycles. The first-order valence-corrected chi connectivity index (χ1v) is 10.9. The number of nitro benzene ring substituents is 1. The van der Waals surface area contributed by atoms with E-state index in [1.165, 1.54) is 31.4 Å². The van der Waals surface area contributed by atoms with Gasteiger partial charge in [-0.1, -0.05) is 36.8 Å². The molecule has 0 saturated carbocycles. The number of rotatable bonds is 7. The lowest BCUT2D eigenvalue weighted by atomic mass is 10.1. The summed E-state index contributed by atoms with van der Waals surface area (Å²) in [4.78, 5) is 12.7. The average Bonchev–Trinajstić information content (AvgIpc) is 2.67. The molecule has 1 fully saturated rings. The highest BCUT2D eigenvalue weighted by Gasteiger charge is 2.20. The number of hydrogen-bond donors (Lipinski definition) is 1. The summed E-state index contributed by atoms with van der Waals surface area (Å²) < 4.78 is 27.9. The number of piperidine rings is 1. The molecule has 0 aromatic heterocycles. The summed E-state index contributed by atoms with van der Waals surface area (Å²) in [7, 11) is -3.85. The second-order valence-corrected chi connectivity index (χ2v) is 8.92. The molecule has 28 heavy (non-hydrogen) atoms. The van der Waals surface area contributed by atoms with Crippen molar-refractivity contribution in [3.05, 3.63) is 69.3 Å². The molecule has 0 unspecified atom stereocenters. The standard InChI is InChI=1S/C20H25N3O4S/c1-16-8-9-19(23(24)25)13-20(16)28(26,27)21-14-17-6-5-7-18(12-17)15-22-10-3-2-4-11-22/h5-9,12-13,21H,2-4,10-11,14-15H2,1H3. The molecule has 0 aliphatic carbocycles. The molecule has 1 saturated heterocycles. The zero-order valence-electron chi connectivity index (χ0n) is 15.9. The van der Waals surface area contributed by atoms with Crippen molar-refractivity contribution in [2.24, 2.45) is 0 Å². The Morgan fingerprint density at radius 3 is 2.50 bits per heavy atom. The molecule has 0 spiro atoms. The quantitative estimate of drug-likeness (QED) is 0.565. The molecular formula is C20H25N3O4S. The number of aryl methyl sites for hydroxylation is 1. The van der Waals surface area contributed by atoms with E-state index in [4.69, 9.17) is 0 Å². The molecule has 2 aromatic rings. The molecule has 0 amide bonds. The number of hydrogen-bond acceptors (Lipinski definition) is 5. The molecule has 1 aliphatic rings. The minimum absolute atomic E-state index is 0.0637. The largest absolute Gasteiger partial charge is 0.299 e. The van der Waals surface area contributed by atoms with Crippen LogP contribution in [-0.4, -0.2) is 31.3 Å². The summed E-state index contributed by atoms with van der Waals surface area (Å²) in [6, 6.07) is 11.7. The van der Waals surface area contributed by atoms with Crippen LogP contribution < -0.4 is 4.72 Å². The summed E-state index contributed by atoms with van der Waals surface area (Å²) in [5.41, 5.74) is 2.25. The van der Waals surface area contributed by atoms with Crippen molar-refractivity contribution in [3.63, 3.8) is 0 Å². The lowest BCUT2D eigenvalue weighted by molar-refractivity contribution is -0.385. The van der Waals surface area contributed by atoms with E-state index in [-0.39, 0.29) is 17.1 Å². The van der Waals surface area contributed by atoms with Crippen LogP contribution in [0.5, 0.6) is 0 Å². The molecular weight excluding hydrogens is 378 g/mol. The van der Waals surface area contributed by atoms with Gasteiger partial charge in [0, 0.05) is 25.2 Å². The van der Waals surface area contributed by atoms with Crippen molar-refractivity contribution in [2.75, 3.05) is 13.1 Å². The zero-order valence-corrected chi connectivity index (χ0v) is 16.7. The van der Waals surface area contributed by atoms with Gasteiger partial charge in [-0.3, -0.25) is 15.0 Å². The van der Waals surface area contributed by atoms with Crippen molar-refractivity contribution >= 4 is 15.7 Å².